The smallest absolute Gasteiger partial charge is 0.353 e. The third-order valence-electron chi connectivity index (χ3n) is 3.12. The quantitative estimate of drug-likeness (QED) is 0.819. The summed E-state index contributed by atoms with van der Waals surface area (Å²) in [6.45, 7) is 0.427. The molecule has 0 aromatic heterocycles. The predicted molar refractivity (Wildman–Crippen MR) is 72.4 cm³/mol. The van der Waals surface area contributed by atoms with Crippen LogP contribution in [0.3, 0.4) is 0 Å². The number of amides is 1. The maximum atomic E-state index is 11.4. The molecular formula is C13H12N2O3S. The zero-order valence-electron chi connectivity index (χ0n) is 10.00. The molecule has 0 saturated carbocycles. The van der Waals surface area contributed by atoms with Gasteiger partial charge in [0.05, 0.1) is 11.8 Å². The Hall–Kier alpha value is -1.95. The van der Waals surface area contributed by atoms with Crippen LogP contribution in [-0.4, -0.2) is 33.8 Å². The van der Waals surface area contributed by atoms with Gasteiger partial charge in [0.2, 0.25) is 5.91 Å². The standard InChI is InChI=1S/C13H12N2O3S/c16-10-6-11-15(10)12(13(17)18)9(19-11)7-14-8-4-2-1-3-5-8/h1-5,11,14H,6-7H2,(H,17,18)/t11-/m0/s1. The molecule has 2 N–H and O–H groups in total. The van der Waals surface area contributed by atoms with Gasteiger partial charge in [0.1, 0.15) is 5.70 Å². The van der Waals surface area contributed by atoms with Crippen LogP contribution < -0.4 is 5.32 Å². The van der Waals surface area contributed by atoms with Crippen molar-refractivity contribution >= 4 is 29.3 Å². The molecule has 1 aromatic carbocycles. The van der Waals surface area contributed by atoms with Crippen LogP contribution in [0.25, 0.3) is 0 Å². The summed E-state index contributed by atoms with van der Waals surface area (Å²) < 4.78 is 0. The molecule has 5 nitrogen and oxygen atoms in total. The van der Waals surface area contributed by atoms with Gasteiger partial charge in [0.25, 0.3) is 0 Å². The molecule has 1 amide bonds. The summed E-state index contributed by atoms with van der Waals surface area (Å²) in [5.74, 6) is -1.14. The highest BCUT2D eigenvalue weighted by molar-refractivity contribution is 8.04. The van der Waals surface area contributed by atoms with E-state index in [4.69, 9.17) is 0 Å². The van der Waals surface area contributed by atoms with Gasteiger partial charge in [-0.15, -0.1) is 11.8 Å². The zero-order valence-corrected chi connectivity index (χ0v) is 10.8. The molecule has 19 heavy (non-hydrogen) atoms. The first-order chi connectivity index (χ1) is 9.16. The maximum Gasteiger partial charge on any atom is 0.353 e. The number of β-lactam (4-membered cyclic amide) rings is 1. The Morgan fingerprint density at radius 2 is 2.16 bits per heavy atom. The number of para-hydroxylation sites is 1. The van der Waals surface area contributed by atoms with Gasteiger partial charge in [-0.3, -0.25) is 9.69 Å². The molecule has 2 aliphatic rings. The second-order valence-electron chi connectivity index (χ2n) is 4.34. The molecule has 1 atom stereocenters. The summed E-state index contributed by atoms with van der Waals surface area (Å²) in [6, 6.07) is 9.57. The van der Waals surface area contributed by atoms with Gasteiger partial charge >= 0.3 is 5.97 Å². The average Bonchev–Trinajstić information content (AvgIpc) is 2.70. The van der Waals surface area contributed by atoms with Crippen molar-refractivity contribution in [3.63, 3.8) is 0 Å². The van der Waals surface area contributed by atoms with E-state index >= 15 is 0 Å². The molecule has 98 valence electrons. The Labute approximate surface area is 114 Å². The van der Waals surface area contributed by atoms with Gasteiger partial charge in [0.15, 0.2) is 0 Å². The van der Waals surface area contributed by atoms with E-state index < -0.39 is 5.97 Å². The van der Waals surface area contributed by atoms with Crippen LogP contribution in [0.15, 0.2) is 40.9 Å². The molecule has 1 fully saturated rings. The van der Waals surface area contributed by atoms with E-state index in [9.17, 15) is 14.7 Å². The van der Waals surface area contributed by atoms with Crippen LogP contribution in [0.1, 0.15) is 6.42 Å². The maximum absolute atomic E-state index is 11.4. The van der Waals surface area contributed by atoms with Crippen molar-refractivity contribution < 1.29 is 14.7 Å². The molecule has 2 heterocycles. The number of aliphatic carboxylic acids is 1. The molecule has 0 unspecified atom stereocenters. The minimum absolute atomic E-state index is 0.0221. The van der Waals surface area contributed by atoms with E-state index in [1.807, 2.05) is 30.3 Å². The van der Waals surface area contributed by atoms with E-state index in [-0.39, 0.29) is 17.0 Å². The number of anilines is 1. The SMILES string of the molecule is O=C(O)C1=C(CNc2ccccc2)S[C@H]2CC(=O)N12. The summed E-state index contributed by atoms with van der Waals surface area (Å²) in [5, 5.41) is 12.4. The van der Waals surface area contributed by atoms with Crippen molar-refractivity contribution in [3.05, 3.63) is 40.9 Å². The second kappa shape index (κ2) is 4.62. The number of carbonyl (C=O) groups excluding carboxylic acids is 1. The number of fused-ring (bicyclic) bond motifs is 1. The normalized spacial score (nSPS) is 21.2. The molecule has 3 rings (SSSR count). The van der Waals surface area contributed by atoms with Gasteiger partial charge in [-0.2, -0.15) is 0 Å². The van der Waals surface area contributed by atoms with Crippen molar-refractivity contribution in [1.82, 2.24) is 4.90 Å². The molecule has 0 aliphatic carbocycles. The van der Waals surface area contributed by atoms with Gasteiger partial charge in [-0.1, -0.05) is 18.2 Å². The fourth-order valence-electron chi connectivity index (χ4n) is 2.19. The summed E-state index contributed by atoms with van der Waals surface area (Å²) in [6.07, 6.45) is 0.427. The molecule has 1 saturated heterocycles. The molecular weight excluding hydrogens is 264 g/mol. The largest absolute Gasteiger partial charge is 0.477 e. The lowest BCUT2D eigenvalue weighted by Crippen LogP contribution is -2.48. The lowest BCUT2D eigenvalue weighted by atomic mass is 10.1. The molecule has 0 bridgehead atoms. The van der Waals surface area contributed by atoms with E-state index in [1.54, 1.807) is 0 Å². The minimum Gasteiger partial charge on any atom is -0.477 e. The van der Waals surface area contributed by atoms with Gasteiger partial charge < -0.3 is 10.4 Å². The third-order valence-corrected chi connectivity index (χ3v) is 4.39. The Morgan fingerprint density at radius 1 is 1.42 bits per heavy atom. The second-order valence-corrected chi connectivity index (χ2v) is 5.61. The number of nitrogens with zero attached hydrogens (tertiary/aromatic N) is 1. The van der Waals surface area contributed by atoms with Crippen molar-refractivity contribution in [2.75, 3.05) is 11.9 Å². The van der Waals surface area contributed by atoms with E-state index in [2.05, 4.69) is 5.32 Å². The zero-order chi connectivity index (χ0) is 13.4. The van der Waals surface area contributed by atoms with Crippen LogP contribution in [0, 0.1) is 0 Å². The van der Waals surface area contributed by atoms with E-state index in [0.29, 0.717) is 17.9 Å². The van der Waals surface area contributed by atoms with Gasteiger partial charge in [0, 0.05) is 17.1 Å². The lowest BCUT2D eigenvalue weighted by Gasteiger charge is -2.33. The van der Waals surface area contributed by atoms with Crippen molar-refractivity contribution in [1.29, 1.82) is 0 Å². The van der Waals surface area contributed by atoms with E-state index in [1.165, 1.54) is 16.7 Å². The van der Waals surface area contributed by atoms with Gasteiger partial charge in [-0.05, 0) is 12.1 Å². The number of hydrogen-bond acceptors (Lipinski definition) is 4. The van der Waals surface area contributed by atoms with E-state index in [0.717, 1.165) is 5.69 Å². The predicted octanol–water partition coefficient (Wildman–Crippen LogP) is 1.70. The number of carboxylic acid groups (broad SMARTS) is 1. The number of carboxylic acids is 1. The fourth-order valence-corrected chi connectivity index (χ4v) is 3.53. The molecule has 0 spiro atoms. The van der Waals surface area contributed by atoms with Crippen LogP contribution in [0.2, 0.25) is 0 Å². The Bertz CT molecular complexity index is 571. The molecule has 1 aromatic rings. The summed E-state index contributed by atoms with van der Waals surface area (Å²) in [5.41, 5.74) is 1.07. The number of benzene rings is 1. The van der Waals surface area contributed by atoms with Crippen molar-refractivity contribution in [2.24, 2.45) is 0 Å². The Balaban J connectivity index is 1.77. The first-order valence-corrected chi connectivity index (χ1v) is 6.79. The van der Waals surface area contributed by atoms with Crippen molar-refractivity contribution in [3.8, 4) is 0 Å². The van der Waals surface area contributed by atoms with Crippen LogP contribution >= 0.6 is 11.8 Å². The summed E-state index contributed by atoms with van der Waals surface area (Å²) in [4.78, 5) is 24.8. The molecule has 6 heteroatoms. The third kappa shape index (κ3) is 2.08. The van der Waals surface area contributed by atoms with Crippen LogP contribution in [-0.2, 0) is 9.59 Å². The minimum atomic E-state index is -1.03. The lowest BCUT2D eigenvalue weighted by molar-refractivity contribution is -0.145. The highest BCUT2D eigenvalue weighted by atomic mass is 32.2. The summed E-state index contributed by atoms with van der Waals surface area (Å²) in [7, 11) is 0. The van der Waals surface area contributed by atoms with Crippen molar-refractivity contribution in [2.45, 2.75) is 11.8 Å². The fraction of sp³-hybridized carbons (Fsp3) is 0.231. The first-order valence-electron chi connectivity index (χ1n) is 5.91. The molecule has 0 radical (unpaired) electrons. The van der Waals surface area contributed by atoms with Crippen LogP contribution in [0.4, 0.5) is 5.69 Å². The highest BCUT2D eigenvalue weighted by Gasteiger charge is 2.48. The average molecular weight is 276 g/mol. The van der Waals surface area contributed by atoms with Gasteiger partial charge in [-0.25, -0.2) is 4.79 Å². The number of carbonyl (C=O) groups is 2. The molecule has 2 aliphatic heterocycles. The Morgan fingerprint density at radius 3 is 2.79 bits per heavy atom. The first kappa shape index (κ1) is 12.1. The number of hydrogen-bond donors (Lipinski definition) is 2. The monoisotopic (exact) mass is 276 g/mol. The Kier molecular flexibility index (Phi) is 2.94. The number of thioether (sulfide) groups is 1. The number of rotatable bonds is 4. The number of nitrogens with one attached hydrogen (secondary N) is 1. The topological polar surface area (TPSA) is 69.6 Å². The summed E-state index contributed by atoms with van der Waals surface area (Å²) >= 11 is 1.46. The highest BCUT2D eigenvalue weighted by Crippen LogP contribution is 2.45. The van der Waals surface area contributed by atoms with Crippen LogP contribution in [0.5, 0.6) is 0 Å².